The standard InChI is InChI=1S/C14H20O4/c1-3-5-11-8-14(18-7-6-15)12(10-16)9-13(11)17-4-2/h8-10,15H,3-7H2,1-2H3. The molecule has 0 radical (unpaired) electrons. The van der Waals surface area contributed by atoms with E-state index in [1.807, 2.05) is 13.0 Å². The molecule has 100 valence electrons. The van der Waals surface area contributed by atoms with Gasteiger partial charge < -0.3 is 14.6 Å². The fraction of sp³-hybridized carbons (Fsp3) is 0.500. The van der Waals surface area contributed by atoms with Gasteiger partial charge in [-0.05, 0) is 31.0 Å². The molecular weight excluding hydrogens is 232 g/mol. The monoisotopic (exact) mass is 252 g/mol. The Labute approximate surface area is 108 Å². The van der Waals surface area contributed by atoms with Crippen LogP contribution in [0.4, 0.5) is 0 Å². The van der Waals surface area contributed by atoms with E-state index in [0.717, 1.165) is 30.4 Å². The van der Waals surface area contributed by atoms with Gasteiger partial charge in [-0.15, -0.1) is 0 Å². The summed E-state index contributed by atoms with van der Waals surface area (Å²) in [5.41, 5.74) is 1.48. The van der Waals surface area contributed by atoms with Crippen molar-refractivity contribution in [2.45, 2.75) is 26.7 Å². The van der Waals surface area contributed by atoms with Crippen molar-refractivity contribution in [2.75, 3.05) is 19.8 Å². The minimum absolute atomic E-state index is 0.0748. The molecule has 1 rings (SSSR count). The third kappa shape index (κ3) is 3.74. The Kier molecular flexibility index (Phi) is 6.22. The highest BCUT2D eigenvalue weighted by Crippen LogP contribution is 2.29. The van der Waals surface area contributed by atoms with Gasteiger partial charge in [0.05, 0.1) is 18.8 Å². The van der Waals surface area contributed by atoms with Crippen LogP contribution in [0.5, 0.6) is 11.5 Å². The van der Waals surface area contributed by atoms with Crippen molar-refractivity contribution in [2.24, 2.45) is 0 Å². The third-order valence-corrected chi connectivity index (χ3v) is 2.49. The summed E-state index contributed by atoms with van der Waals surface area (Å²) in [7, 11) is 0. The molecule has 0 saturated carbocycles. The molecule has 0 bridgehead atoms. The second-order valence-corrected chi connectivity index (χ2v) is 3.87. The highest BCUT2D eigenvalue weighted by molar-refractivity contribution is 5.80. The average Bonchev–Trinajstić information content (AvgIpc) is 2.39. The summed E-state index contributed by atoms with van der Waals surface area (Å²) in [5.74, 6) is 1.24. The Hall–Kier alpha value is -1.55. The van der Waals surface area contributed by atoms with Crippen molar-refractivity contribution in [3.8, 4) is 11.5 Å². The zero-order valence-corrected chi connectivity index (χ0v) is 10.9. The molecule has 0 amide bonds. The van der Waals surface area contributed by atoms with Crippen molar-refractivity contribution in [1.82, 2.24) is 0 Å². The first-order chi connectivity index (χ1) is 8.76. The molecule has 4 nitrogen and oxygen atoms in total. The topological polar surface area (TPSA) is 55.8 Å². The van der Waals surface area contributed by atoms with Gasteiger partial charge >= 0.3 is 0 Å². The molecule has 0 aliphatic heterocycles. The maximum absolute atomic E-state index is 11.0. The second-order valence-electron chi connectivity index (χ2n) is 3.87. The molecule has 0 heterocycles. The van der Waals surface area contributed by atoms with E-state index in [1.165, 1.54) is 0 Å². The lowest BCUT2D eigenvalue weighted by Gasteiger charge is -2.14. The number of hydrogen-bond acceptors (Lipinski definition) is 4. The van der Waals surface area contributed by atoms with Crippen LogP contribution in [0.2, 0.25) is 0 Å². The van der Waals surface area contributed by atoms with Crippen LogP contribution in [0, 0.1) is 0 Å². The summed E-state index contributed by atoms with van der Waals surface area (Å²) in [6.07, 6.45) is 2.59. The molecule has 1 N–H and O–H groups in total. The van der Waals surface area contributed by atoms with E-state index in [4.69, 9.17) is 14.6 Å². The Morgan fingerprint density at radius 1 is 1.22 bits per heavy atom. The first-order valence-corrected chi connectivity index (χ1v) is 6.25. The maximum Gasteiger partial charge on any atom is 0.153 e. The highest BCUT2D eigenvalue weighted by Gasteiger charge is 2.11. The van der Waals surface area contributed by atoms with Crippen molar-refractivity contribution in [1.29, 1.82) is 0 Å². The fourth-order valence-corrected chi connectivity index (χ4v) is 1.75. The largest absolute Gasteiger partial charge is 0.494 e. The summed E-state index contributed by atoms with van der Waals surface area (Å²) in [4.78, 5) is 11.0. The Balaban J connectivity index is 3.09. The molecule has 0 unspecified atom stereocenters. The van der Waals surface area contributed by atoms with Crippen molar-refractivity contribution in [3.63, 3.8) is 0 Å². The summed E-state index contributed by atoms with van der Waals surface area (Å²) in [5, 5.41) is 8.76. The van der Waals surface area contributed by atoms with Crippen LogP contribution >= 0.6 is 0 Å². The molecule has 0 spiro atoms. The van der Waals surface area contributed by atoms with E-state index in [9.17, 15) is 4.79 Å². The van der Waals surface area contributed by atoms with Gasteiger partial charge in [0.1, 0.15) is 18.1 Å². The lowest BCUT2D eigenvalue weighted by Crippen LogP contribution is -2.06. The number of aryl methyl sites for hydroxylation is 1. The van der Waals surface area contributed by atoms with Crippen LogP contribution in [0.25, 0.3) is 0 Å². The van der Waals surface area contributed by atoms with Crippen LogP contribution in [0.3, 0.4) is 0 Å². The van der Waals surface area contributed by atoms with E-state index in [0.29, 0.717) is 17.9 Å². The Morgan fingerprint density at radius 3 is 2.56 bits per heavy atom. The molecule has 0 aromatic heterocycles. The van der Waals surface area contributed by atoms with Crippen LogP contribution in [0.1, 0.15) is 36.2 Å². The molecule has 0 fully saturated rings. The van der Waals surface area contributed by atoms with Crippen molar-refractivity contribution in [3.05, 3.63) is 23.3 Å². The number of benzene rings is 1. The zero-order valence-electron chi connectivity index (χ0n) is 10.9. The van der Waals surface area contributed by atoms with E-state index >= 15 is 0 Å². The number of carbonyl (C=O) groups excluding carboxylic acids is 1. The average molecular weight is 252 g/mol. The van der Waals surface area contributed by atoms with Crippen LogP contribution in [0.15, 0.2) is 12.1 Å². The van der Waals surface area contributed by atoms with E-state index in [2.05, 4.69) is 6.92 Å². The van der Waals surface area contributed by atoms with E-state index < -0.39 is 0 Å². The molecule has 18 heavy (non-hydrogen) atoms. The molecule has 4 heteroatoms. The lowest BCUT2D eigenvalue weighted by atomic mass is 10.1. The predicted octanol–water partition coefficient (Wildman–Crippen LogP) is 2.22. The first kappa shape index (κ1) is 14.5. The van der Waals surface area contributed by atoms with Gasteiger partial charge in [-0.1, -0.05) is 13.3 Å². The quantitative estimate of drug-likeness (QED) is 0.721. The smallest absolute Gasteiger partial charge is 0.153 e. The minimum atomic E-state index is -0.0748. The SMILES string of the molecule is CCCc1cc(OCCO)c(C=O)cc1OCC. The first-order valence-electron chi connectivity index (χ1n) is 6.25. The van der Waals surface area contributed by atoms with Gasteiger partial charge in [0, 0.05) is 0 Å². The van der Waals surface area contributed by atoms with Crippen LogP contribution in [-0.2, 0) is 6.42 Å². The normalized spacial score (nSPS) is 10.2. The van der Waals surface area contributed by atoms with Crippen molar-refractivity contribution < 1.29 is 19.4 Å². The fourth-order valence-electron chi connectivity index (χ4n) is 1.75. The number of aliphatic hydroxyl groups is 1. The van der Waals surface area contributed by atoms with E-state index in [1.54, 1.807) is 6.07 Å². The van der Waals surface area contributed by atoms with Crippen LogP contribution < -0.4 is 9.47 Å². The van der Waals surface area contributed by atoms with Gasteiger partial charge in [0.15, 0.2) is 6.29 Å². The summed E-state index contributed by atoms with van der Waals surface area (Å²) < 4.78 is 10.9. The maximum atomic E-state index is 11.0. The number of rotatable bonds is 8. The Morgan fingerprint density at radius 2 is 2.00 bits per heavy atom. The molecule has 1 aromatic carbocycles. The van der Waals surface area contributed by atoms with Gasteiger partial charge in [-0.25, -0.2) is 0 Å². The summed E-state index contributed by atoms with van der Waals surface area (Å²) >= 11 is 0. The number of aldehydes is 1. The van der Waals surface area contributed by atoms with Gasteiger partial charge in [0.2, 0.25) is 0 Å². The number of carbonyl (C=O) groups is 1. The third-order valence-electron chi connectivity index (χ3n) is 2.49. The second kappa shape index (κ2) is 7.71. The molecular formula is C14H20O4. The summed E-state index contributed by atoms with van der Waals surface area (Å²) in [6, 6.07) is 3.53. The zero-order chi connectivity index (χ0) is 13.4. The molecule has 1 aromatic rings. The van der Waals surface area contributed by atoms with Gasteiger partial charge in [-0.3, -0.25) is 4.79 Å². The number of hydrogen-bond donors (Lipinski definition) is 1. The van der Waals surface area contributed by atoms with Crippen molar-refractivity contribution >= 4 is 6.29 Å². The summed E-state index contributed by atoms with van der Waals surface area (Å²) in [6.45, 7) is 4.66. The predicted molar refractivity (Wildman–Crippen MR) is 69.6 cm³/mol. The molecule has 0 aliphatic rings. The van der Waals surface area contributed by atoms with Gasteiger partial charge in [0.25, 0.3) is 0 Å². The molecule has 0 atom stereocenters. The van der Waals surface area contributed by atoms with Gasteiger partial charge in [-0.2, -0.15) is 0 Å². The molecule has 0 saturated heterocycles. The highest BCUT2D eigenvalue weighted by atomic mass is 16.5. The lowest BCUT2D eigenvalue weighted by molar-refractivity contribution is 0.111. The minimum Gasteiger partial charge on any atom is -0.494 e. The van der Waals surface area contributed by atoms with Crippen LogP contribution in [-0.4, -0.2) is 31.2 Å². The van der Waals surface area contributed by atoms with E-state index in [-0.39, 0.29) is 13.2 Å². The molecule has 0 aliphatic carbocycles. The Bertz CT molecular complexity index is 388. The number of ether oxygens (including phenoxy) is 2. The number of aliphatic hydroxyl groups excluding tert-OH is 1.